The number of aromatic nitrogens is 2. The predicted octanol–water partition coefficient (Wildman–Crippen LogP) is 3.60. The van der Waals surface area contributed by atoms with Gasteiger partial charge in [-0.3, -0.25) is 0 Å². The second-order valence-corrected chi connectivity index (χ2v) is 9.80. The highest BCUT2D eigenvalue weighted by molar-refractivity contribution is 7.89. The van der Waals surface area contributed by atoms with E-state index in [4.69, 9.17) is 21.1 Å². The Labute approximate surface area is 197 Å². The molecule has 0 atom stereocenters. The summed E-state index contributed by atoms with van der Waals surface area (Å²) in [4.78, 5) is 16.5. The van der Waals surface area contributed by atoms with Gasteiger partial charge in [0.25, 0.3) is 0 Å². The zero-order valence-corrected chi connectivity index (χ0v) is 19.9. The van der Waals surface area contributed by atoms with Crippen LogP contribution in [0.4, 0.5) is 0 Å². The first-order valence-electron chi connectivity index (χ1n) is 10.5. The molecule has 1 aliphatic heterocycles. The van der Waals surface area contributed by atoms with E-state index in [0.29, 0.717) is 54.8 Å². The summed E-state index contributed by atoms with van der Waals surface area (Å²) in [6, 6.07) is 11.8. The van der Waals surface area contributed by atoms with Crippen molar-refractivity contribution in [2.45, 2.75) is 18.4 Å². The van der Waals surface area contributed by atoms with Crippen molar-refractivity contribution in [1.29, 1.82) is 0 Å². The monoisotopic (exact) mass is 489 g/mol. The van der Waals surface area contributed by atoms with E-state index < -0.39 is 16.0 Å². The number of fused-ring (bicyclic) bond motifs is 1. The molecule has 0 radical (unpaired) electrons. The average Bonchev–Trinajstić information content (AvgIpc) is 3.22. The molecular weight excluding hydrogens is 466 g/mol. The maximum atomic E-state index is 13.0. The molecule has 3 aromatic rings. The quantitative estimate of drug-likeness (QED) is 0.491. The number of carbonyl (C=O) groups excluding carboxylic acids is 1. The molecule has 1 aromatic heterocycles. The molecule has 0 aliphatic carbocycles. The highest BCUT2D eigenvalue weighted by atomic mass is 35.5. The fraction of sp³-hybridized carbons (Fsp3) is 0.304. The van der Waals surface area contributed by atoms with Gasteiger partial charge in [0, 0.05) is 19.6 Å². The number of esters is 1. The number of nitrogens with zero attached hydrogens (tertiary/aromatic N) is 3. The lowest BCUT2D eigenvalue weighted by molar-refractivity contribution is 0.0600. The summed E-state index contributed by atoms with van der Waals surface area (Å²) in [6.07, 6.45) is 1.75. The summed E-state index contributed by atoms with van der Waals surface area (Å²) < 4.78 is 39.4. The van der Waals surface area contributed by atoms with Crippen LogP contribution in [0.5, 0.6) is 0 Å². The van der Waals surface area contributed by atoms with Crippen LogP contribution in [0.2, 0.25) is 0 Å². The summed E-state index contributed by atoms with van der Waals surface area (Å²) in [5.74, 6) is 0.124. The Kier molecular flexibility index (Phi) is 6.85. The van der Waals surface area contributed by atoms with E-state index in [9.17, 15) is 13.2 Å². The Morgan fingerprint density at radius 2 is 1.88 bits per heavy atom. The standard InChI is InChI=1S/C23H24ClN3O5S/c1-3-27-21-9-8-18(33(29,30)26-10-12-32-13-11-26)15-20(21)25-22(27)19(24)14-16-4-6-17(7-5-16)23(28)31-2/h4-9,14-15H,3,10-13H2,1-2H3. The van der Waals surface area contributed by atoms with Gasteiger partial charge in [-0.25, -0.2) is 18.2 Å². The fourth-order valence-electron chi connectivity index (χ4n) is 3.75. The van der Waals surface area contributed by atoms with Gasteiger partial charge in [-0.1, -0.05) is 23.7 Å². The highest BCUT2D eigenvalue weighted by Gasteiger charge is 2.27. The van der Waals surface area contributed by atoms with E-state index >= 15 is 0 Å². The third-order valence-electron chi connectivity index (χ3n) is 5.48. The number of ether oxygens (including phenoxy) is 2. The van der Waals surface area contributed by atoms with Crippen molar-refractivity contribution in [1.82, 2.24) is 13.9 Å². The number of morpholine rings is 1. The third kappa shape index (κ3) is 4.67. The molecule has 0 spiro atoms. The molecule has 0 saturated carbocycles. The molecule has 33 heavy (non-hydrogen) atoms. The van der Waals surface area contributed by atoms with Crippen LogP contribution in [-0.4, -0.2) is 61.7 Å². The van der Waals surface area contributed by atoms with E-state index in [1.165, 1.54) is 11.4 Å². The van der Waals surface area contributed by atoms with Gasteiger partial charge in [-0.15, -0.1) is 0 Å². The number of methoxy groups -OCH3 is 1. The van der Waals surface area contributed by atoms with E-state index in [1.807, 2.05) is 11.5 Å². The molecule has 2 aromatic carbocycles. The molecule has 0 bridgehead atoms. The normalized spacial score (nSPS) is 15.7. The van der Waals surface area contributed by atoms with E-state index in [-0.39, 0.29) is 4.90 Å². The van der Waals surface area contributed by atoms with Crippen molar-refractivity contribution in [2.75, 3.05) is 33.4 Å². The molecule has 0 unspecified atom stereocenters. The number of imidazole rings is 1. The molecule has 0 amide bonds. The first kappa shape index (κ1) is 23.4. The number of sulfonamides is 1. The summed E-state index contributed by atoms with van der Waals surface area (Å²) in [7, 11) is -2.29. The van der Waals surface area contributed by atoms with Crippen LogP contribution in [0.25, 0.3) is 22.1 Å². The van der Waals surface area contributed by atoms with Crippen LogP contribution in [0.1, 0.15) is 28.7 Å². The van der Waals surface area contributed by atoms with Gasteiger partial charge in [-0.2, -0.15) is 4.31 Å². The van der Waals surface area contributed by atoms with Gasteiger partial charge in [0.1, 0.15) is 0 Å². The Morgan fingerprint density at radius 1 is 1.18 bits per heavy atom. The summed E-state index contributed by atoms with van der Waals surface area (Å²) in [6.45, 7) is 4.01. The van der Waals surface area contributed by atoms with Crippen molar-refractivity contribution in [3.05, 3.63) is 59.4 Å². The van der Waals surface area contributed by atoms with E-state index in [1.54, 1.807) is 48.5 Å². The Morgan fingerprint density at radius 3 is 2.52 bits per heavy atom. The van der Waals surface area contributed by atoms with Gasteiger partial charge in [0.15, 0.2) is 5.82 Å². The van der Waals surface area contributed by atoms with Gasteiger partial charge in [-0.05, 0) is 48.9 Å². The summed E-state index contributed by atoms with van der Waals surface area (Å²) in [5, 5.41) is 0.399. The van der Waals surface area contributed by atoms with Gasteiger partial charge < -0.3 is 14.0 Å². The molecule has 174 valence electrons. The van der Waals surface area contributed by atoms with Crippen LogP contribution in [-0.2, 0) is 26.0 Å². The summed E-state index contributed by atoms with van der Waals surface area (Å²) in [5.41, 5.74) is 2.58. The van der Waals surface area contributed by atoms with Crippen molar-refractivity contribution in [3.8, 4) is 0 Å². The van der Waals surface area contributed by atoms with Gasteiger partial charge >= 0.3 is 5.97 Å². The fourth-order valence-corrected chi connectivity index (χ4v) is 5.45. The van der Waals surface area contributed by atoms with Crippen molar-refractivity contribution in [3.63, 3.8) is 0 Å². The second kappa shape index (κ2) is 9.64. The highest BCUT2D eigenvalue weighted by Crippen LogP contribution is 2.29. The zero-order valence-electron chi connectivity index (χ0n) is 18.3. The molecule has 1 fully saturated rings. The number of benzene rings is 2. The molecular formula is C23H24ClN3O5S. The van der Waals surface area contributed by atoms with Crippen LogP contribution < -0.4 is 0 Å². The topological polar surface area (TPSA) is 90.7 Å². The smallest absolute Gasteiger partial charge is 0.337 e. The van der Waals surface area contributed by atoms with Gasteiger partial charge in [0.2, 0.25) is 10.0 Å². The third-order valence-corrected chi connectivity index (χ3v) is 7.66. The van der Waals surface area contributed by atoms with Crippen LogP contribution in [0.15, 0.2) is 47.4 Å². The van der Waals surface area contributed by atoms with E-state index in [0.717, 1.165) is 11.1 Å². The van der Waals surface area contributed by atoms with Gasteiger partial charge in [0.05, 0.1) is 46.8 Å². The lowest BCUT2D eigenvalue weighted by Crippen LogP contribution is -2.40. The Hall–Kier alpha value is -2.72. The Bertz CT molecular complexity index is 1310. The molecule has 0 N–H and O–H groups in total. The zero-order chi connectivity index (χ0) is 23.6. The maximum absolute atomic E-state index is 13.0. The number of halogens is 1. The van der Waals surface area contributed by atoms with Crippen molar-refractivity contribution in [2.24, 2.45) is 0 Å². The molecule has 8 nitrogen and oxygen atoms in total. The van der Waals surface area contributed by atoms with Crippen LogP contribution in [0.3, 0.4) is 0 Å². The average molecular weight is 490 g/mol. The minimum atomic E-state index is -3.63. The Balaban J connectivity index is 1.69. The van der Waals surface area contributed by atoms with Crippen molar-refractivity contribution < 1.29 is 22.7 Å². The number of carbonyl (C=O) groups is 1. The number of hydrogen-bond acceptors (Lipinski definition) is 6. The second-order valence-electron chi connectivity index (χ2n) is 7.45. The number of rotatable bonds is 6. The number of hydrogen-bond donors (Lipinski definition) is 0. The number of aryl methyl sites for hydroxylation is 1. The first-order chi connectivity index (χ1) is 15.8. The van der Waals surface area contributed by atoms with E-state index in [2.05, 4.69) is 4.98 Å². The minimum absolute atomic E-state index is 0.197. The van der Waals surface area contributed by atoms with Crippen molar-refractivity contribution >= 4 is 49.7 Å². The molecule has 2 heterocycles. The molecule has 10 heteroatoms. The predicted molar refractivity (Wildman–Crippen MR) is 126 cm³/mol. The van der Waals surface area contributed by atoms with Crippen LogP contribution in [0, 0.1) is 0 Å². The first-order valence-corrected chi connectivity index (χ1v) is 12.3. The SMILES string of the molecule is CCn1c(C(Cl)=Cc2ccc(C(=O)OC)cc2)nc2cc(S(=O)(=O)N3CCOCC3)ccc21. The van der Waals surface area contributed by atoms with Crippen LogP contribution >= 0.6 is 11.6 Å². The maximum Gasteiger partial charge on any atom is 0.337 e. The lowest BCUT2D eigenvalue weighted by Gasteiger charge is -2.26. The minimum Gasteiger partial charge on any atom is -0.465 e. The lowest BCUT2D eigenvalue weighted by atomic mass is 10.1. The molecule has 1 saturated heterocycles. The summed E-state index contributed by atoms with van der Waals surface area (Å²) >= 11 is 6.62. The largest absolute Gasteiger partial charge is 0.465 e. The molecule has 4 rings (SSSR count). The molecule has 1 aliphatic rings.